The van der Waals surface area contributed by atoms with Crippen LogP contribution < -0.4 is 4.90 Å². The molecule has 3 heterocycles. The predicted molar refractivity (Wildman–Crippen MR) is 104 cm³/mol. The van der Waals surface area contributed by atoms with Crippen molar-refractivity contribution in [1.29, 1.82) is 0 Å². The van der Waals surface area contributed by atoms with E-state index in [2.05, 4.69) is 31.7 Å². The zero-order chi connectivity index (χ0) is 18.6. The van der Waals surface area contributed by atoms with E-state index in [1.54, 1.807) is 0 Å². The number of ether oxygens (including phenoxy) is 1. The van der Waals surface area contributed by atoms with Gasteiger partial charge in [0.2, 0.25) is 0 Å². The first kappa shape index (κ1) is 17.5. The Labute approximate surface area is 158 Å². The Morgan fingerprint density at radius 1 is 1.15 bits per heavy atom. The number of rotatable bonds is 4. The molecule has 0 unspecified atom stereocenters. The molecule has 4 rings (SSSR count). The molecule has 1 saturated heterocycles. The molecule has 27 heavy (non-hydrogen) atoms. The van der Waals surface area contributed by atoms with Crippen molar-refractivity contribution in [2.45, 2.75) is 32.8 Å². The molecule has 1 aromatic carbocycles. The average molecular weight is 362 g/mol. The van der Waals surface area contributed by atoms with Gasteiger partial charge in [-0.15, -0.1) is 0 Å². The Morgan fingerprint density at radius 3 is 2.78 bits per heavy atom. The van der Waals surface area contributed by atoms with E-state index in [-0.39, 0.29) is 6.10 Å². The Morgan fingerprint density at radius 2 is 2.00 bits per heavy atom. The lowest BCUT2D eigenvalue weighted by molar-refractivity contribution is 0.116. The van der Waals surface area contributed by atoms with Gasteiger partial charge in [-0.2, -0.15) is 4.98 Å². The number of benzene rings is 1. The molecule has 1 atom stereocenters. The van der Waals surface area contributed by atoms with Crippen LogP contribution in [-0.4, -0.2) is 40.8 Å². The number of fused-ring (bicyclic) bond motifs is 1. The number of nitrogens with zero attached hydrogens (tertiary/aromatic N) is 4. The molecule has 0 spiro atoms. The van der Waals surface area contributed by atoms with E-state index in [1.165, 1.54) is 0 Å². The second kappa shape index (κ2) is 7.77. The molecule has 0 amide bonds. The van der Waals surface area contributed by atoms with Gasteiger partial charge in [0.1, 0.15) is 5.82 Å². The molecule has 6 nitrogen and oxygen atoms in total. The maximum absolute atomic E-state index is 5.84. The third-order valence-electron chi connectivity index (χ3n) is 4.48. The fourth-order valence-electron chi connectivity index (χ4n) is 3.25. The lowest BCUT2D eigenvalue weighted by Gasteiger charge is -2.24. The van der Waals surface area contributed by atoms with Gasteiger partial charge in [-0.25, -0.2) is 9.97 Å². The van der Waals surface area contributed by atoms with Gasteiger partial charge in [0, 0.05) is 25.6 Å². The highest BCUT2D eigenvalue weighted by Gasteiger charge is 2.23. The van der Waals surface area contributed by atoms with Crippen molar-refractivity contribution in [2.75, 3.05) is 24.6 Å². The van der Waals surface area contributed by atoms with Crippen molar-refractivity contribution < 1.29 is 9.15 Å². The highest BCUT2D eigenvalue weighted by atomic mass is 16.5. The van der Waals surface area contributed by atoms with Gasteiger partial charge in [0.15, 0.2) is 17.2 Å². The van der Waals surface area contributed by atoms with Crippen molar-refractivity contribution in [3.8, 4) is 11.8 Å². The van der Waals surface area contributed by atoms with Crippen molar-refractivity contribution in [3.05, 3.63) is 47.6 Å². The number of oxazole rings is 1. The molecule has 0 N–H and O–H groups in total. The van der Waals surface area contributed by atoms with Gasteiger partial charge in [-0.1, -0.05) is 30.0 Å². The Kier molecular flexibility index (Phi) is 5.03. The Hall–Kier alpha value is -2.91. The molecule has 1 fully saturated rings. The molecule has 1 aliphatic heterocycles. The van der Waals surface area contributed by atoms with E-state index < -0.39 is 0 Å². The second-order valence-corrected chi connectivity index (χ2v) is 6.66. The molecular weight excluding hydrogens is 340 g/mol. The maximum Gasteiger partial charge on any atom is 0.252 e. The van der Waals surface area contributed by atoms with E-state index in [1.807, 2.05) is 44.2 Å². The third kappa shape index (κ3) is 4.09. The summed E-state index contributed by atoms with van der Waals surface area (Å²) < 4.78 is 11.5. The molecular formula is C21H22N4O2. The van der Waals surface area contributed by atoms with Gasteiger partial charge in [0.25, 0.3) is 5.71 Å². The normalized spacial score (nSPS) is 16.3. The van der Waals surface area contributed by atoms with Crippen LogP contribution in [-0.2, 0) is 4.74 Å². The van der Waals surface area contributed by atoms with Gasteiger partial charge in [0.05, 0.1) is 12.6 Å². The number of aromatic nitrogens is 3. The first-order chi connectivity index (χ1) is 13.2. The van der Waals surface area contributed by atoms with Crippen LogP contribution >= 0.6 is 0 Å². The first-order valence-corrected chi connectivity index (χ1v) is 9.21. The standard InChI is InChI=1S/C21H22N4O2/c1-15-22-20(19-21(23-15)27-16(2)24-19)25(14-18-11-7-13-26-18)12-6-10-17-8-4-3-5-9-17/h3-5,8-9,18H,7,11-14H2,1-2H3/t18-/m0/s1. The van der Waals surface area contributed by atoms with Crippen LogP contribution in [0.1, 0.15) is 30.1 Å². The van der Waals surface area contributed by atoms with E-state index in [0.29, 0.717) is 29.5 Å². The maximum atomic E-state index is 5.84. The minimum atomic E-state index is 0.182. The molecule has 1 aliphatic rings. The van der Waals surface area contributed by atoms with E-state index in [9.17, 15) is 0 Å². The van der Waals surface area contributed by atoms with Crippen LogP contribution in [0.15, 0.2) is 34.7 Å². The summed E-state index contributed by atoms with van der Waals surface area (Å²) in [6.07, 6.45) is 2.32. The van der Waals surface area contributed by atoms with Crippen molar-refractivity contribution >= 4 is 17.0 Å². The highest BCUT2D eigenvalue weighted by Crippen LogP contribution is 2.25. The monoisotopic (exact) mass is 362 g/mol. The summed E-state index contributed by atoms with van der Waals surface area (Å²) in [6, 6.07) is 9.98. The smallest absolute Gasteiger partial charge is 0.252 e. The fraction of sp³-hybridized carbons (Fsp3) is 0.381. The van der Waals surface area contributed by atoms with Crippen molar-refractivity contribution in [1.82, 2.24) is 15.0 Å². The van der Waals surface area contributed by atoms with Gasteiger partial charge in [-0.05, 0) is 31.9 Å². The number of hydrogen-bond acceptors (Lipinski definition) is 6. The topological polar surface area (TPSA) is 64.3 Å². The number of aryl methyl sites for hydroxylation is 2. The lowest BCUT2D eigenvalue weighted by atomic mass is 10.2. The minimum Gasteiger partial charge on any atom is -0.422 e. The Bertz CT molecular complexity index is 982. The fourth-order valence-corrected chi connectivity index (χ4v) is 3.25. The van der Waals surface area contributed by atoms with Crippen LogP contribution in [0.3, 0.4) is 0 Å². The third-order valence-corrected chi connectivity index (χ3v) is 4.48. The first-order valence-electron chi connectivity index (χ1n) is 9.21. The highest BCUT2D eigenvalue weighted by molar-refractivity contribution is 5.82. The summed E-state index contributed by atoms with van der Waals surface area (Å²) in [5, 5.41) is 0. The Balaban J connectivity index is 1.66. The quantitative estimate of drug-likeness (QED) is 0.664. The molecule has 3 aromatic rings. The molecule has 2 aromatic heterocycles. The molecule has 0 aliphatic carbocycles. The molecule has 0 radical (unpaired) electrons. The van der Waals surface area contributed by atoms with Crippen LogP contribution in [0, 0.1) is 25.7 Å². The van der Waals surface area contributed by atoms with E-state index >= 15 is 0 Å². The molecule has 6 heteroatoms. The molecule has 138 valence electrons. The summed E-state index contributed by atoms with van der Waals surface area (Å²) in [4.78, 5) is 15.6. The SMILES string of the molecule is Cc1nc(N(CC#Cc2ccccc2)C[C@@H]2CCCO2)c2nc(C)oc2n1. The van der Waals surface area contributed by atoms with Crippen molar-refractivity contribution in [2.24, 2.45) is 0 Å². The van der Waals surface area contributed by atoms with Crippen LogP contribution in [0.5, 0.6) is 0 Å². The van der Waals surface area contributed by atoms with Gasteiger partial charge < -0.3 is 14.1 Å². The van der Waals surface area contributed by atoms with E-state index in [4.69, 9.17) is 9.15 Å². The molecule has 0 saturated carbocycles. The van der Waals surface area contributed by atoms with Crippen LogP contribution in [0.4, 0.5) is 5.82 Å². The summed E-state index contributed by atoms with van der Waals surface area (Å²) in [5.74, 6) is 8.48. The van der Waals surface area contributed by atoms with Crippen molar-refractivity contribution in [3.63, 3.8) is 0 Å². The van der Waals surface area contributed by atoms with Gasteiger partial charge >= 0.3 is 0 Å². The lowest BCUT2D eigenvalue weighted by Crippen LogP contribution is -2.33. The average Bonchev–Trinajstić information content (AvgIpc) is 3.29. The van der Waals surface area contributed by atoms with Crippen LogP contribution in [0.2, 0.25) is 0 Å². The largest absolute Gasteiger partial charge is 0.422 e. The number of anilines is 1. The summed E-state index contributed by atoms with van der Waals surface area (Å²) in [5.41, 5.74) is 2.19. The summed E-state index contributed by atoms with van der Waals surface area (Å²) in [7, 11) is 0. The zero-order valence-corrected chi connectivity index (χ0v) is 15.6. The summed E-state index contributed by atoms with van der Waals surface area (Å²) >= 11 is 0. The molecule has 0 bridgehead atoms. The predicted octanol–water partition coefficient (Wildman–Crippen LogP) is 3.27. The summed E-state index contributed by atoms with van der Waals surface area (Å²) in [6.45, 7) is 5.75. The van der Waals surface area contributed by atoms with Crippen LogP contribution in [0.25, 0.3) is 11.2 Å². The minimum absolute atomic E-state index is 0.182. The van der Waals surface area contributed by atoms with E-state index in [0.717, 1.165) is 37.4 Å². The zero-order valence-electron chi connectivity index (χ0n) is 15.6. The number of hydrogen-bond donors (Lipinski definition) is 0. The van der Waals surface area contributed by atoms with Gasteiger partial charge in [-0.3, -0.25) is 0 Å². The second-order valence-electron chi connectivity index (χ2n) is 6.66.